The first-order valence-corrected chi connectivity index (χ1v) is 7.24. The maximum Gasteiger partial charge on any atom is 0.229 e. The van der Waals surface area contributed by atoms with E-state index in [1.807, 2.05) is 10.3 Å². The van der Waals surface area contributed by atoms with E-state index in [0.717, 1.165) is 30.1 Å². The number of thiazole rings is 1. The van der Waals surface area contributed by atoms with Gasteiger partial charge in [0.1, 0.15) is 5.01 Å². The second-order valence-electron chi connectivity index (χ2n) is 5.00. The third-order valence-corrected chi connectivity index (χ3v) is 4.41. The quantitative estimate of drug-likeness (QED) is 0.793. The summed E-state index contributed by atoms with van der Waals surface area (Å²) in [5.41, 5.74) is 0.865. The Bertz CT molecular complexity index is 416. The van der Waals surface area contributed by atoms with Gasteiger partial charge in [0.15, 0.2) is 0 Å². The minimum absolute atomic E-state index is 0.00363. The largest absolute Gasteiger partial charge is 0.337 e. The molecule has 5 heteroatoms. The molecule has 1 saturated heterocycles. The molecule has 1 amide bonds. The van der Waals surface area contributed by atoms with Crippen LogP contribution < -0.4 is 0 Å². The summed E-state index contributed by atoms with van der Waals surface area (Å²) in [6.45, 7) is 5.13. The zero-order valence-corrected chi connectivity index (χ0v) is 11.8. The summed E-state index contributed by atoms with van der Waals surface area (Å²) in [6.07, 6.45) is 2.60. The molecule has 0 aromatic carbocycles. The van der Waals surface area contributed by atoms with E-state index in [-0.39, 0.29) is 11.4 Å². The fraction of sp³-hybridized carbons (Fsp3) is 0.667. The van der Waals surface area contributed by atoms with Crippen molar-refractivity contribution < 1.29 is 4.79 Å². The van der Waals surface area contributed by atoms with Gasteiger partial charge in [0.25, 0.3) is 0 Å². The highest BCUT2D eigenvalue weighted by molar-refractivity contribution is 7.09. The number of aromatic nitrogens is 1. The minimum Gasteiger partial charge on any atom is -0.337 e. The van der Waals surface area contributed by atoms with Crippen LogP contribution in [-0.4, -0.2) is 27.9 Å². The molecule has 17 heavy (non-hydrogen) atoms. The maximum atomic E-state index is 12.2. The summed E-state index contributed by atoms with van der Waals surface area (Å²) < 4.78 is 0. The van der Waals surface area contributed by atoms with Gasteiger partial charge < -0.3 is 4.90 Å². The number of amides is 1. The first-order valence-electron chi connectivity index (χ1n) is 5.82. The third kappa shape index (κ3) is 2.80. The van der Waals surface area contributed by atoms with E-state index in [1.165, 1.54) is 11.3 Å². The van der Waals surface area contributed by atoms with Gasteiger partial charge in [-0.2, -0.15) is 0 Å². The molecule has 1 aromatic rings. The molecule has 1 aromatic heterocycles. The van der Waals surface area contributed by atoms with Crippen LogP contribution in [-0.2, 0) is 17.1 Å². The highest BCUT2D eigenvalue weighted by Gasteiger charge is 2.35. The molecular formula is C12H17ClN2OS. The van der Waals surface area contributed by atoms with E-state index in [0.29, 0.717) is 12.3 Å². The Morgan fingerprint density at radius 2 is 2.41 bits per heavy atom. The summed E-state index contributed by atoms with van der Waals surface area (Å²) in [5, 5.41) is 2.79. The molecule has 0 aliphatic carbocycles. The molecule has 0 radical (unpaired) electrons. The van der Waals surface area contributed by atoms with Crippen molar-refractivity contribution in [3.63, 3.8) is 0 Å². The minimum atomic E-state index is 0.00363. The van der Waals surface area contributed by atoms with Crippen LogP contribution in [0.25, 0.3) is 0 Å². The van der Waals surface area contributed by atoms with Crippen molar-refractivity contribution in [3.05, 3.63) is 16.1 Å². The average Bonchev–Trinajstić information content (AvgIpc) is 2.84. The monoisotopic (exact) mass is 272 g/mol. The number of alkyl halides is 1. The van der Waals surface area contributed by atoms with Crippen molar-refractivity contribution in [1.82, 2.24) is 9.88 Å². The Kier molecular flexibility index (Phi) is 3.73. The number of likely N-dealkylation sites (tertiary alicyclic amines) is 1. The lowest BCUT2D eigenvalue weighted by molar-refractivity contribution is -0.133. The third-order valence-electron chi connectivity index (χ3n) is 3.24. The van der Waals surface area contributed by atoms with E-state index < -0.39 is 0 Å². The van der Waals surface area contributed by atoms with Gasteiger partial charge in [-0.25, -0.2) is 4.98 Å². The van der Waals surface area contributed by atoms with Gasteiger partial charge in [0.05, 0.1) is 18.0 Å². The lowest BCUT2D eigenvalue weighted by Gasteiger charge is -2.31. The fourth-order valence-corrected chi connectivity index (χ4v) is 3.30. The second-order valence-corrected chi connectivity index (χ2v) is 6.21. The molecule has 0 unspecified atom stereocenters. The number of hydrogen-bond donors (Lipinski definition) is 0. The molecule has 1 aliphatic rings. The standard InChI is InChI=1S/C12H17ClN2OS/c1-12(2)4-3-5-15(12)11(16)6-10-14-9(7-13)8-17-10/h8H,3-7H2,1-2H3. The first-order chi connectivity index (χ1) is 8.03. The van der Waals surface area contributed by atoms with Crippen LogP contribution in [0.4, 0.5) is 0 Å². The molecule has 3 nitrogen and oxygen atoms in total. The number of rotatable bonds is 3. The molecule has 2 heterocycles. The van der Waals surface area contributed by atoms with Crippen LogP contribution in [0, 0.1) is 0 Å². The number of halogens is 1. The lowest BCUT2D eigenvalue weighted by atomic mass is 10.0. The Balaban J connectivity index is 2.01. The van der Waals surface area contributed by atoms with E-state index in [4.69, 9.17) is 11.6 Å². The van der Waals surface area contributed by atoms with Crippen LogP contribution >= 0.6 is 22.9 Å². The number of carbonyl (C=O) groups is 1. The number of carbonyl (C=O) groups excluding carboxylic acids is 1. The smallest absolute Gasteiger partial charge is 0.229 e. The summed E-state index contributed by atoms with van der Waals surface area (Å²) in [7, 11) is 0. The van der Waals surface area contributed by atoms with E-state index in [2.05, 4.69) is 18.8 Å². The molecule has 0 N–H and O–H groups in total. The molecule has 1 fully saturated rings. The summed E-state index contributed by atoms with van der Waals surface area (Å²) in [5.74, 6) is 0.600. The Morgan fingerprint density at radius 3 is 2.94 bits per heavy atom. The topological polar surface area (TPSA) is 33.2 Å². The molecular weight excluding hydrogens is 256 g/mol. The van der Waals surface area contributed by atoms with Gasteiger partial charge in [-0.15, -0.1) is 22.9 Å². The predicted octanol–water partition coefficient (Wildman–Crippen LogP) is 2.83. The van der Waals surface area contributed by atoms with Crippen molar-refractivity contribution >= 4 is 28.8 Å². The van der Waals surface area contributed by atoms with E-state index >= 15 is 0 Å². The molecule has 0 saturated carbocycles. The highest BCUT2D eigenvalue weighted by atomic mass is 35.5. The van der Waals surface area contributed by atoms with E-state index in [1.54, 1.807) is 0 Å². The summed E-state index contributed by atoms with van der Waals surface area (Å²) >= 11 is 7.22. The van der Waals surface area contributed by atoms with Crippen molar-refractivity contribution in [2.75, 3.05) is 6.54 Å². The molecule has 94 valence electrons. The van der Waals surface area contributed by atoms with Gasteiger partial charge in [0.2, 0.25) is 5.91 Å². The van der Waals surface area contributed by atoms with Crippen molar-refractivity contribution in [2.24, 2.45) is 0 Å². The Morgan fingerprint density at radius 1 is 1.65 bits per heavy atom. The van der Waals surface area contributed by atoms with Crippen molar-refractivity contribution in [3.8, 4) is 0 Å². The van der Waals surface area contributed by atoms with Gasteiger partial charge >= 0.3 is 0 Å². The molecule has 0 spiro atoms. The lowest BCUT2D eigenvalue weighted by Crippen LogP contribution is -2.43. The average molecular weight is 273 g/mol. The molecule has 0 atom stereocenters. The molecule has 1 aliphatic heterocycles. The van der Waals surface area contributed by atoms with Crippen molar-refractivity contribution in [1.29, 1.82) is 0 Å². The van der Waals surface area contributed by atoms with E-state index in [9.17, 15) is 4.79 Å². The molecule has 2 rings (SSSR count). The summed E-state index contributed by atoms with van der Waals surface area (Å²) in [4.78, 5) is 18.5. The van der Waals surface area contributed by atoms with Gasteiger partial charge in [-0.05, 0) is 26.7 Å². The SMILES string of the molecule is CC1(C)CCCN1C(=O)Cc1nc(CCl)cs1. The number of hydrogen-bond acceptors (Lipinski definition) is 3. The zero-order chi connectivity index (χ0) is 12.5. The van der Waals surface area contributed by atoms with Gasteiger partial charge in [-0.1, -0.05) is 0 Å². The Hall–Kier alpha value is -0.610. The van der Waals surface area contributed by atoms with Crippen molar-refractivity contribution in [2.45, 2.75) is 44.5 Å². The maximum absolute atomic E-state index is 12.2. The molecule has 0 bridgehead atoms. The number of nitrogens with zero attached hydrogens (tertiary/aromatic N) is 2. The second kappa shape index (κ2) is 4.94. The predicted molar refractivity (Wildman–Crippen MR) is 70.4 cm³/mol. The first kappa shape index (κ1) is 12.8. The van der Waals surface area contributed by atoms with Gasteiger partial charge in [-0.3, -0.25) is 4.79 Å². The summed E-state index contributed by atoms with van der Waals surface area (Å²) in [6, 6.07) is 0. The van der Waals surface area contributed by atoms with Crippen LogP contribution in [0.2, 0.25) is 0 Å². The highest BCUT2D eigenvalue weighted by Crippen LogP contribution is 2.29. The van der Waals surface area contributed by atoms with Crippen LogP contribution in [0.3, 0.4) is 0 Å². The Labute approximate surface area is 111 Å². The van der Waals surface area contributed by atoms with Crippen LogP contribution in [0.1, 0.15) is 37.4 Å². The van der Waals surface area contributed by atoms with Gasteiger partial charge in [0, 0.05) is 17.5 Å². The zero-order valence-electron chi connectivity index (χ0n) is 10.2. The van der Waals surface area contributed by atoms with Crippen LogP contribution in [0.15, 0.2) is 5.38 Å². The fourth-order valence-electron chi connectivity index (χ4n) is 2.29. The van der Waals surface area contributed by atoms with Crippen LogP contribution in [0.5, 0.6) is 0 Å². The normalized spacial score (nSPS) is 18.6.